The van der Waals surface area contributed by atoms with Crippen LogP contribution in [-0.4, -0.2) is 42.9 Å². The third-order valence-electron chi connectivity index (χ3n) is 3.91. The predicted octanol–water partition coefficient (Wildman–Crippen LogP) is 2.86. The third kappa shape index (κ3) is 4.96. The van der Waals surface area contributed by atoms with E-state index in [1.54, 1.807) is 11.0 Å². The van der Waals surface area contributed by atoms with Crippen LogP contribution in [0, 0.1) is 0 Å². The molecular formula is C17H21ClN2O4. The van der Waals surface area contributed by atoms with E-state index < -0.39 is 5.97 Å². The zero-order valence-corrected chi connectivity index (χ0v) is 14.4. The van der Waals surface area contributed by atoms with Crippen LogP contribution in [0.4, 0.5) is 5.69 Å². The molecule has 1 aliphatic heterocycles. The first-order valence-electron chi connectivity index (χ1n) is 7.96. The molecule has 0 bridgehead atoms. The Morgan fingerprint density at radius 3 is 2.75 bits per heavy atom. The molecule has 0 aliphatic carbocycles. The summed E-state index contributed by atoms with van der Waals surface area (Å²) in [6, 6.07) is 4.58. The average Bonchev–Trinajstić information content (AvgIpc) is 2.55. The maximum atomic E-state index is 12.2. The monoisotopic (exact) mass is 352 g/mol. The molecule has 130 valence electrons. The fourth-order valence-corrected chi connectivity index (χ4v) is 2.82. The lowest BCUT2D eigenvalue weighted by molar-refractivity contribution is -0.135. The van der Waals surface area contributed by atoms with Crippen LogP contribution < -0.4 is 5.32 Å². The third-order valence-corrected chi connectivity index (χ3v) is 4.24. The predicted molar refractivity (Wildman–Crippen MR) is 91.1 cm³/mol. The molecule has 24 heavy (non-hydrogen) atoms. The lowest BCUT2D eigenvalue weighted by atomic mass is 10.1. The largest absolute Gasteiger partial charge is 0.465 e. The fraction of sp³-hybridized carbons (Fsp3) is 0.471. The van der Waals surface area contributed by atoms with Gasteiger partial charge in [-0.05, 0) is 31.0 Å². The van der Waals surface area contributed by atoms with Crippen molar-refractivity contribution in [3.8, 4) is 0 Å². The van der Waals surface area contributed by atoms with Crippen LogP contribution in [0.1, 0.15) is 42.5 Å². The average molecular weight is 353 g/mol. The van der Waals surface area contributed by atoms with Gasteiger partial charge in [0.1, 0.15) is 0 Å². The number of carbonyl (C=O) groups is 3. The van der Waals surface area contributed by atoms with E-state index in [0.29, 0.717) is 18.7 Å². The minimum Gasteiger partial charge on any atom is -0.465 e. The first kappa shape index (κ1) is 18.3. The summed E-state index contributed by atoms with van der Waals surface area (Å²) < 4.78 is 4.65. The number of amides is 2. The van der Waals surface area contributed by atoms with Crippen LogP contribution in [0.3, 0.4) is 0 Å². The molecular weight excluding hydrogens is 332 g/mol. The molecule has 1 saturated heterocycles. The van der Waals surface area contributed by atoms with Crippen LogP contribution >= 0.6 is 11.6 Å². The smallest absolute Gasteiger partial charge is 0.339 e. The Morgan fingerprint density at radius 1 is 1.25 bits per heavy atom. The number of ether oxygens (including phenoxy) is 1. The molecule has 7 heteroatoms. The summed E-state index contributed by atoms with van der Waals surface area (Å²) in [5, 5.41) is 2.94. The second kappa shape index (κ2) is 8.68. The lowest BCUT2D eigenvalue weighted by Gasteiger charge is -2.24. The summed E-state index contributed by atoms with van der Waals surface area (Å²) in [4.78, 5) is 37.5. The van der Waals surface area contributed by atoms with Crippen molar-refractivity contribution in [2.24, 2.45) is 0 Å². The second-order valence-electron chi connectivity index (χ2n) is 5.71. The van der Waals surface area contributed by atoms with Crippen molar-refractivity contribution in [2.45, 2.75) is 32.1 Å². The Balaban J connectivity index is 2.01. The molecule has 1 aromatic rings. The standard InChI is InChI=1S/C17H21ClN2O4/c1-24-17(23)13-10-12(7-8-14(13)18)19-15(21)11-20-9-5-3-2-4-6-16(20)22/h7-8,10H,2-6,9,11H2,1H3,(H,19,21). The number of hydrogen-bond donors (Lipinski definition) is 1. The zero-order chi connectivity index (χ0) is 17.5. The van der Waals surface area contributed by atoms with Gasteiger partial charge >= 0.3 is 5.97 Å². The van der Waals surface area contributed by atoms with Crippen LogP contribution in [0.15, 0.2) is 18.2 Å². The van der Waals surface area contributed by atoms with E-state index in [2.05, 4.69) is 10.1 Å². The number of halogens is 1. The van der Waals surface area contributed by atoms with Crippen molar-refractivity contribution >= 4 is 35.1 Å². The summed E-state index contributed by atoms with van der Waals surface area (Å²) in [7, 11) is 1.26. The number of esters is 1. The molecule has 1 N–H and O–H groups in total. The molecule has 1 heterocycles. The summed E-state index contributed by atoms with van der Waals surface area (Å²) in [6.45, 7) is 0.606. The molecule has 0 radical (unpaired) electrons. The number of nitrogens with one attached hydrogen (secondary N) is 1. The molecule has 0 atom stereocenters. The maximum absolute atomic E-state index is 12.2. The van der Waals surface area contributed by atoms with Crippen molar-refractivity contribution in [1.29, 1.82) is 0 Å². The van der Waals surface area contributed by atoms with Crippen LogP contribution in [0.5, 0.6) is 0 Å². The van der Waals surface area contributed by atoms with E-state index in [1.165, 1.54) is 19.2 Å². The topological polar surface area (TPSA) is 75.7 Å². The van der Waals surface area contributed by atoms with Gasteiger partial charge in [-0.1, -0.05) is 24.4 Å². The summed E-state index contributed by atoms with van der Waals surface area (Å²) in [6.07, 6.45) is 4.40. The minimum absolute atomic E-state index is 0.00895. The molecule has 1 aromatic carbocycles. The van der Waals surface area contributed by atoms with E-state index in [9.17, 15) is 14.4 Å². The normalized spacial score (nSPS) is 15.4. The van der Waals surface area contributed by atoms with Gasteiger partial charge in [0.05, 0.1) is 24.2 Å². The highest BCUT2D eigenvalue weighted by atomic mass is 35.5. The number of methoxy groups -OCH3 is 1. The molecule has 2 rings (SSSR count). The van der Waals surface area contributed by atoms with Crippen molar-refractivity contribution in [1.82, 2.24) is 4.90 Å². The van der Waals surface area contributed by atoms with E-state index in [4.69, 9.17) is 11.6 Å². The molecule has 0 saturated carbocycles. The van der Waals surface area contributed by atoms with Crippen LogP contribution in [0.2, 0.25) is 5.02 Å². The van der Waals surface area contributed by atoms with E-state index in [0.717, 1.165) is 25.7 Å². The van der Waals surface area contributed by atoms with Gasteiger partial charge < -0.3 is 15.0 Å². The van der Waals surface area contributed by atoms with Crippen molar-refractivity contribution in [3.63, 3.8) is 0 Å². The van der Waals surface area contributed by atoms with Gasteiger partial charge in [-0.2, -0.15) is 0 Å². The second-order valence-corrected chi connectivity index (χ2v) is 6.12. The zero-order valence-electron chi connectivity index (χ0n) is 13.6. The molecule has 0 aromatic heterocycles. The Bertz CT molecular complexity index is 633. The Hall–Kier alpha value is -2.08. The highest BCUT2D eigenvalue weighted by Gasteiger charge is 2.19. The molecule has 1 aliphatic rings. The molecule has 6 nitrogen and oxygen atoms in total. The summed E-state index contributed by atoms with van der Waals surface area (Å²) in [5.74, 6) is -0.867. The Morgan fingerprint density at radius 2 is 2.00 bits per heavy atom. The minimum atomic E-state index is -0.574. The Labute approximate surface area is 146 Å². The first-order chi connectivity index (χ1) is 11.5. The molecule has 1 fully saturated rings. The summed E-state index contributed by atoms with van der Waals surface area (Å²) in [5.41, 5.74) is 0.614. The van der Waals surface area contributed by atoms with Crippen molar-refractivity contribution < 1.29 is 19.1 Å². The van der Waals surface area contributed by atoms with E-state index in [1.807, 2.05) is 0 Å². The van der Waals surface area contributed by atoms with Gasteiger partial charge in [0.2, 0.25) is 11.8 Å². The lowest BCUT2D eigenvalue weighted by Crippen LogP contribution is -2.39. The molecule has 0 unspecified atom stereocenters. The van der Waals surface area contributed by atoms with Gasteiger partial charge in [-0.15, -0.1) is 0 Å². The van der Waals surface area contributed by atoms with Gasteiger partial charge in [0, 0.05) is 18.7 Å². The quantitative estimate of drug-likeness (QED) is 0.845. The van der Waals surface area contributed by atoms with Crippen molar-refractivity contribution in [2.75, 3.05) is 25.5 Å². The van der Waals surface area contributed by atoms with E-state index >= 15 is 0 Å². The Kier molecular flexibility index (Phi) is 6.61. The SMILES string of the molecule is COC(=O)c1cc(NC(=O)CN2CCCCCCC2=O)ccc1Cl. The number of likely N-dealkylation sites (tertiary alicyclic amines) is 1. The number of hydrogen-bond acceptors (Lipinski definition) is 4. The number of rotatable bonds is 4. The fourth-order valence-electron chi connectivity index (χ4n) is 2.63. The first-order valence-corrected chi connectivity index (χ1v) is 8.34. The van der Waals surface area contributed by atoms with Gasteiger partial charge in [0.15, 0.2) is 0 Å². The van der Waals surface area contributed by atoms with E-state index in [-0.39, 0.29) is 28.9 Å². The van der Waals surface area contributed by atoms with Crippen LogP contribution in [0.25, 0.3) is 0 Å². The van der Waals surface area contributed by atoms with Gasteiger partial charge in [0.25, 0.3) is 0 Å². The van der Waals surface area contributed by atoms with Crippen LogP contribution in [-0.2, 0) is 14.3 Å². The molecule has 2 amide bonds. The van der Waals surface area contributed by atoms with Gasteiger partial charge in [-0.3, -0.25) is 9.59 Å². The number of nitrogens with zero attached hydrogens (tertiary/aromatic N) is 1. The molecule has 0 spiro atoms. The highest BCUT2D eigenvalue weighted by molar-refractivity contribution is 6.33. The number of benzene rings is 1. The van der Waals surface area contributed by atoms with Gasteiger partial charge in [-0.25, -0.2) is 4.79 Å². The summed E-state index contributed by atoms with van der Waals surface area (Å²) >= 11 is 5.95. The maximum Gasteiger partial charge on any atom is 0.339 e. The highest BCUT2D eigenvalue weighted by Crippen LogP contribution is 2.21. The number of anilines is 1. The number of carbonyl (C=O) groups excluding carboxylic acids is 3. The van der Waals surface area contributed by atoms with Crippen molar-refractivity contribution in [3.05, 3.63) is 28.8 Å².